The van der Waals surface area contributed by atoms with Crippen molar-refractivity contribution in [2.45, 2.75) is 30.5 Å². The van der Waals surface area contributed by atoms with Gasteiger partial charge >= 0.3 is 12.1 Å². The summed E-state index contributed by atoms with van der Waals surface area (Å²) in [4.78, 5) is 12.1. The van der Waals surface area contributed by atoms with Gasteiger partial charge in [0.2, 0.25) is 10.0 Å². The van der Waals surface area contributed by atoms with Gasteiger partial charge in [-0.05, 0) is 36.8 Å². The van der Waals surface area contributed by atoms with Crippen LogP contribution in [-0.2, 0) is 27.4 Å². The number of anilines is 1. The van der Waals surface area contributed by atoms with Crippen molar-refractivity contribution >= 4 is 21.7 Å². The van der Waals surface area contributed by atoms with Gasteiger partial charge in [-0.25, -0.2) is 12.8 Å². The second kappa shape index (κ2) is 8.46. The number of piperazine rings is 1. The van der Waals surface area contributed by atoms with E-state index in [0.29, 0.717) is 5.56 Å². The summed E-state index contributed by atoms with van der Waals surface area (Å²) in [7, 11) is -4.00. The summed E-state index contributed by atoms with van der Waals surface area (Å²) >= 11 is 0. The molecule has 1 atom stereocenters. The molecule has 31 heavy (non-hydrogen) atoms. The van der Waals surface area contributed by atoms with Crippen molar-refractivity contribution < 1.29 is 35.9 Å². The Morgan fingerprint density at radius 3 is 2.45 bits per heavy atom. The number of carboxylic acid groups (broad SMARTS) is 1. The lowest BCUT2D eigenvalue weighted by Crippen LogP contribution is -2.54. The number of carbonyl (C=O) groups is 1. The van der Waals surface area contributed by atoms with Gasteiger partial charge in [-0.2, -0.15) is 17.5 Å². The van der Waals surface area contributed by atoms with Crippen LogP contribution in [0.1, 0.15) is 18.1 Å². The summed E-state index contributed by atoms with van der Waals surface area (Å²) in [6, 6.07) is 7.93. The minimum absolute atomic E-state index is 0.0646. The van der Waals surface area contributed by atoms with Crippen LogP contribution in [0.15, 0.2) is 47.4 Å². The van der Waals surface area contributed by atoms with Gasteiger partial charge in [-0.3, -0.25) is 4.79 Å². The van der Waals surface area contributed by atoms with Crippen LogP contribution in [0.3, 0.4) is 0 Å². The normalized spacial score (nSPS) is 18.2. The van der Waals surface area contributed by atoms with Gasteiger partial charge < -0.3 is 10.0 Å². The fourth-order valence-electron chi connectivity index (χ4n) is 3.70. The van der Waals surface area contributed by atoms with Crippen molar-refractivity contribution in [1.82, 2.24) is 4.31 Å². The average Bonchev–Trinajstić information content (AvgIpc) is 2.66. The molecule has 6 nitrogen and oxygen atoms in total. The number of alkyl halides is 3. The van der Waals surface area contributed by atoms with Crippen LogP contribution < -0.4 is 4.90 Å². The summed E-state index contributed by atoms with van der Waals surface area (Å²) in [5.41, 5.74) is -1.39. The van der Waals surface area contributed by atoms with Gasteiger partial charge in [-0.15, -0.1) is 0 Å². The number of nitrogens with zero attached hydrogens (tertiary/aromatic N) is 2. The van der Waals surface area contributed by atoms with Crippen molar-refractivity contribution in [2.75, 3.05) is 24.5 Å². The molecule has 1 N–H and O–H groups in total. The molecule has 168 valence electrons. The molecule has 0 aliphatic carbocycles. The van der Waals surface area contributed by atoms with Gasteiger partial charge in [-0.1, -0.05) is 18.2 Å². The first-order valence-electron chi connectivity index (χ1n) is 9.34. The van der Waals surface area contributed by atoms with Gasteiger partial charge in [0.1, 0.15) is 11.4 Å². The van der Waals surface area contributed by atoms with Gasteiger partial charge in [0, 0.05) is 25.7 Å². The largest absolute Gasteiger partial charge is 0.481 e. The molecule has 1 aliphatic rings. The third-order valence-electron chi connectivity index (χ3n) is 5.04. The van der Waals surface area contributed by atoms with Crippen LogP contribution in [0.4, 0.5) is 23.2 Å². The summed E-state index contributed by atoms with van der Waals surface area (Å²) in [6.45, 7) is 1.31. The van der Waals surface area contributed by atoms with E-state index in [1.165, 1.54) is 35.2 Å². The Balaban J connectivity index is 1.86. The molecule has 0 amide bonds. The third kappa shape index (κ3) is 4.82. The second-order valence-corrected chi connectivity index (χ2v) is 9.15. The number of aliphatic carboxylic acids is 1. The topological polar surface area (TPSA) is 77.9 Å². The quantitative estimate of drug-likeness (QED) is 0.693. The summed E-state index contributed by atoms with van der Waals surface area (Å²) in [5, 5.41) is 8.92. The van der Waals surface area contributed by atoms with Crippen molar-refractivity contribution in [3.63, 3.8) is 0 Å². The zero-order valence-corrected chi connectivity index (χ0v) is 17.3. The molecule has 0 saturated carbocycles. The summed E-state index contributed by atoms with van der Waals surface area (Å²) in [5.74, 6) is -2.49. The van der Waals surface area contributed by atoms with E-state index in [-0.39, 0.29) is 36.6 Å². The zero-order valence-electron chi connectivity index (χ0n) is 16.4. The Hall–Kier alpha value is -2.66. The zero-order chi connectivity index (χ0) is 23.0. The molecule has 2 aromatic rings. The van der Waals surface area contributed by atoms with Crippen LogP contribution in [0.2, 0.25) is 0 Å². The maximum absolute atomic E-state index is 13.9. The molecule has 0 bridgehead atoms. The van der Waals surface area contributed by atoms with E-state index in [9.17, 15) is 30.8 Å². The number of hydrogen-bond donors (Lipinski definition) is 1. The minimum atomic E-state index is -4.89. The molecule has 11 heteroatoms. The highest BCUT2D eigenvalue weighted by molar-refractivity contribution is 7.89. The molecular weight excluding hydrogens is 440 g/mol. The average molecular weight is 460 g/mol. The van der Waals surface area contributed by atoms with Crippen molar-refractivity contribution in [3.8, 4) is 0 Å². The molecule has 0 unspecified atom stereocenters. The molecule has 0 aromatic heterocycles. The molecule has 1 heterocycles. The fourth-order valence-corrected chi connectivity index (χ4v) is 5.38. The number of sulfonamides is 1. The first kappa shape index (κ1) is 23.0. The SMILES string of the molecule is C[C@H]1CN(c2cccc(F)c2C(F)(F)F)CCN1S(=O)(=O)c1cccc(CC(=O)O)c1. The third-order valence-corrected chi connectivity index (χ3v) is 7.05. The lowest BCUT2D eigenvalue weighted by atomic mass is 10.1. The Labute approximate surface area is 176 Å². The Morgan fingerprint density at radius 2 is 1.84 bits per heavy atom. The molecular formula is C20H20F4N2O4S. The molecule has 0 spiro atoms. The van der Waals surface area contributed by atoms with E-state index >= 15 is 0 Å². The Bertz CT molecular complexity index is 1090. The van der Waals surface area contributed by atoms with Crippen LogP contribution in [0.5, 0.6) is 0 Å². The Morgan fingerprint density at radius 1 is 1.16 bits per heavy atom. The first-order chi connectivity index (χ1) is 14.4. The maximum atomic E-state index is 13.9. The van der Waals surface area contributed by atoms with E-state index in [2.05, 4.69) is 0 Å². The molecule has 1 saturated heterocycles. The van der Waals surface area contributed by atoms with E-state index in [4.69, 9.17) is 5.11 Å². The molecule has 1 aliphatic heterocycles. The van der Waals surface area contributed by atoms with Crippen molar-refractivity contribution in [3.05, 3.63) is 59.4 Å². The van der Waals surface area contributed by atoms with Crippen LogP contribution in [-0.4, -0.2) is 49.5 Å². The number of halogens is 4. The van der Waals surface area contributed by atoms with Gasteiger partial charge in [0.05, 0.1) is 17.0 Å². The number of rotatable bonds is 5. The maximum Gasteiger partial charge on any atom is 0.421 e. The van der Waals surface area contributed by atoms with E-state index in [1.807, 2.05) is 0 Å². The van der Waals surface area contributed by atoms with Gasteiger partial charge in [0.25, 0.3) is 0 Å². The minimum Gasteiger partial charge on any atom is -0.481 e. The van der Waals surface area contributed by atoms with E-state index in [0.717, 1.165) is 16.4 Å². The van der Waals surface area contributed by atoms with Crippen LogP contribution in [0, 0.1) is 5.82 Å². The monoisotopic (exact) mass is 460 g/mol. The number of carboxylic acids is 1. The molecule has 0 radical (unpaired) electrons. The van der Waals surface area contributed by atoms with Gasteiger partial charge in [0.15, 0.2) is 0 Å². The standard InChI is InChI=1S/C20H20F4N2O4S/c1-13-12-25(17-7-3-6-16(21)19(17)20(22,23)24)8-9-26(13)31(29,30)15-5-2-4-14(10-15)11-18(27)28/h2-7,10,13H,8-9,11-12H2,1H3,(H,27,28)/t13-/m0/s1. The van der Waals surface area contributed by atoms with Crippen LogP contribution >= 0.6 is 0 Å². The number of hydrogen-bond acceptors (Lipinski definition) is 4. The Kier molecular flexibility index (Phi) is 6.28. The highest BCUT2D eigenvalue weighted by atomic mass is 32.2. The first-order valence-corrected chi connectivity index (χ1v) is 10.8. The summed E-state index contributed by atoms with van der Waals surface area (Å²) in [6.07, 6.45) is -5.23. The van der Waals surface area contributed by atoms with E-state index in [1.54, 1.807) is 6.92 Å². The van der Waals surface area contributed by atoms with Crippen molar-refractivity contribution in [2.24, 2.45) is 0 Å². The highest BCUT2D eigenvalue weighted by Crippen LogP contribution is 2.39. The lowest BCUT2D eigenvalue weighted by Gasteiger charge is -2.40. The lowest BCUT2D eigenvalue weighted by molar-refractivity contribution is -0.139. The molecule has 1 fully saturated rings. The number of benzene rings is 2. The van der Waals surface area contributed by atoms with Crippen LogP contribution in [0.25, 0.3) is 0 Å². The predicted molar refractivity (Wildman–Crippen MR) is 105 cm³/mol. The molecule has 2 aromatic carbocycles. The fraction of sp³-hybridized carbons (Fsp3) is 0.350. The van der Waals surface area contributed by atoms with Crippen molar-refractivity contribution in [1.29, 1.82) is 0 Å². The molecule has 3 rings (SSSR count). The smallest absolute Gasteiger partial charge is 0.421 e. The predicted octanol–water partition coefficient (Wildman–Crippen LogP) is 3.37. The highest BCUT2D eigenvalue weighted by Gasteiger charge is 2.40. The second-order valence-electron chi connectivity index (χ2n) is 7.26. The summed E-state index contributed by atoms with van der Waals surface area (Å²) < 4.78 is 81.3. The van der Waals surface area contributed by atoms with E-state index < -0.39 is 39.6 Å².